The fraction of sp³-hybridized carbons (Fsp3) is 0.720. The molecule has 0 N–H and O–H groups in total. The van der Waals surface area contributed by atoms with Crippen LogP contribution in [-0.2, 0) is 16.6 Å². The quantitative estimate of drug-likeness (QED) is 0.624. The van der Waals surface area contributed by atoms with Crippen molar-refractivity contribution in [2.45, 2.75) is 71.6 Å². The van der Waals surface area contributed by atoms with Crippen molar-refractivity contribution in [3.63, 3.8) is 0 Å². The van der Waals surface area contributed by atoms with Gasteiger partial charge in [0.25, 0.3) is 0 Å². The Labute approximate surface area is 175 Å². The third-order valence-electron chi connectivity index (χ3n) is 8.95. The third-order valence-corrected chi connectivity index (χ3v) is 8.95. The van der Waals surface area contributed by atoms with Crippen molar-refractivity contribution in [3.05, 3.63) is 22.8 Å². The van der Waals surface area contributed by atoms with Crippen LogP contribution >= 0.6 is 0 Å². The van der Waals surface area contributed by atoms with E-state index < -0.39 is 0 Å². The van der Waals surface area contributed by atoms with Gasteiger partial charge in [0.1, 0.15) is 0 Å². The van der Waals surface area contributed by atoms with Crippen molar-refractivity contribution in [1.29, 1.82) is 0 Å². The van der Waals surface area contributed by atoms with Gasteiger partial charge < -0.3 is 14.2 Å². The summed E-state index contributed by atoms with van der Waals surface area (Å²) in [6, 6.07) is 1.83. The van der Waals surface area contributed by atoms with Gasteiger partial charge in [-0.3, -0.25) is 0 Å². The molecule has 0 aromatic heterocycles. The Balaban J connectivity index is 1.93. The Kier molecular flexibility index (Phi) is 4.71. The second-order valence-electron chi connectivity index (χ2n) is 10.6. The third kappa shape index (κ3) is 2.67. The fourth-order valence-corrected chi connectivity index (χ4v) is 7.80. The molecular weight excluding hydrogens is 364 g/mol. The molecule has 0 aliphatic heterocycles. The van der Waals surface area contributed by atoms with Crippen molar-refractivity contribution >= 4 is 5.97 Å². The summed E-state index contributed by atoms with van der Waals surface area (Å²) in [5, 5.41) is 0. The van der Waals surface area contributed by atoms with Crippen LogP contribution in [0.4, 0.5) is 0 Å². The van der Waals surface area contributed by atoms with Crippen molar-refractivity contribution in [2.75, 3.05) is 21.3 Å². The number of carbonyl (C=O) groups is 1. The van der Waals surface area contributed by atoms with E-state index in [-0.39, 0.29) is 16.8 Å². The standard InChI is InChI=1S/C25H36O4/c1-23(2)10-8-11-24(3)18(23)9-12-25(4)19(24)14-15-20(25)16(22(26)29-7)13-17(27-5)21(15)28-6/h13,18-19H,8-12,14H2,1-7H3/t18?,19-,24+,25-/m1/s1. The number of carbonyl (C=O) groups excluding carboxylic acids is 1. The average molecular weight is 401 g/mol. The van der Waals surface area contributed by atoms with E-state index in [0.29, 0.717) is 28.6 Å². The molecule has 0 amide bonds. The van der Waals surface area contributed by atoms with Gasteiger partial charge in [-0.25, -0.2) is 4.79 Å². The topological polar surface area (TPSA) is 44.8 Å². The minimum absolute atomic E-state index is 0.0446. The highest BCUT2D eigenvalue weighted by molar-refractivity contribution is 5.93. The van der Waals surface area contributed by atoms with Gasteiger partial charge in [0, 0.05) is 5.56 Å². The highest BCUT2D eigenvalue weighted by Gasteiger charge is 2.62. The number of hydrogen-bond donors (Lipinski definition) is 0. The number of benzene rings is 1. The number of fused-ring (bicyclic) bond motifs is 5. The summed E-state index contributed by atoms with van der Waals surface area (Å²) in [6.07, 6.45) is 7.13. The molecule has 3 aliphatic rings. The van der Waals surface area contributed by atoms with Gasteiger partial charge in [-0.1, -0.05) is 34.1 Å². The number of rotatable bonds is 3. The molecule has 160 valence electrons. The van der Waals surface area contributed by atoms with E-state index in [0.717, 1.165) is 29.7 Å². The lowest BCUT2D eigenvalue weighted by atomic mass is 9.43. The van der Waals surface area contributed by atoms with Gasteiger partial charge in [-0.05, 0) is 71.8 Å². The molecule has 2 saturated carbocycles. The first-order valence-corrected chi connectivity index (χ1v) is 11.0. The van der Waals surface area contributed by atoms with E-state index in [1.165, 1.54) is 32.8 Å². The van der Waals surface area contributed by atoms with Crippen LogP contribution in [0, 0.1) is 22.7 Å². The summed E-state index contributed by atoms with van der Waals surface area (Å²) >= 11 is 0. The minimum Gasteiger partial charge on any atom is -0.493 e. The number of methoxy groups -OCH3 is 3. The zero-order valence-electron chi connectivity index (χ0n) is 19.1. The molecule has 0 bridgehead atoms. The van der Waals surface area contributed by atoms with Crippen LogP contribution in [0.3, 0.4) is 0 Å². The molecule has 3 aliphatic carbocycles. The molecule has 4 atom stereocenters. The summed E-state index contributed by atoms with van der Waals surface area (Å²) in [6.45, 7) is 9.83. The van der Waals surface area contributed by atoms with Crippen molar-refractivity contribution in [2.24, 2.45) is 22.7 Å². The van der Waals surface area contributed by atoms with E-state index in [1.807, 2.05) is 6.07 Å². The maximum Gasteiger partial charge on any atom is 0.338 e. The predicted molar refractivity (Wildman–Crippen MR) is 114 cm³/mol. The van der Waals surface area contributed by atoms with Crippen LogP contribution in [0.25, 0.3) is 0 Å². The van der Waals surface area contributed by atoms with Crippen LogP contribution < -0.4 is 9.47 Å². The lowest BCUT2D eigenvalue weighted by molar-refractivity contribution is -0.0984. The minimum atomic E-state index is -0.277. The van der Waals surface area contributed by atoms with Gasteiger partial charge >= 0.3 is 5.97 Å². The molecule has 1 aromatic rings. The summed E-state index contributed by atoms with van der Waals surface area (Å²) < 4.78 is 16.6. The van der Waals surface area contributed by atoms with Crippen molar-refractivity contribution in [1.82, 2.24) is 0 Å². The molecule has 1 unspecified atom stereocenters. The molecule has 2 fully saturated rings. The summed E-state index contributed by atoms with van der Waals surface area (Å²) in [4.78, 5) is 12.8. The van der Waals surface area contributed by atoms with Gasteiger partial charge in [0.15, 0.2) is 11.5 Å². The Hall–Kier alpha value is -1.71. The normalized spacial score (nSPS) is 34.6. The SMILES string of the molecule is COC(=O)c1cc(OC)c(OC)c2c1[C@]1(C)CCC3C(C)(C)CCC[C@]3(C)[C@H]1C2. The lowest BCUT2D eigenvalue weighted by Gasteiger charge is -2.61. The van der Waals surface area contributed by atoms with Gasteiger partial charge in [0.05, 0.1) is 26.9 Å². The zero-order valence-corrected chi connectivity index (χ0v) is 19.1. The van der Waals surface area contributed by atoms with Crippen LogP contribution in [0.15, 0.2) is 6.07 Å². The maximum atomic E-state index is 12.8. The number of esters is 1. The second kappa shape index (κ2) is 6.65. The molecular formula is C25H36O4. The first kappa shape index (κ1) is 20.6. The zero-order chi connectivity index (χ0) is 21.2. The molecule has 4 rings (SSSR count). The Bertz CT molecular complexity index is 842. The molecule has 4 nitrogen and oxygen atoms in total. The van der Waals surface area contributed by atoms with Crippen LogP contribution in [0.5, 0.6) is 11.5 Å². The monoisotopic (exact) mass is 400 g/mol. The molecule has 1 aromatic carbocycles. The van der Waals surface area contributed by atoms with Gasteiger partial charge in [0.2, 0.25) is 0 Å². The highest BCUT2D eigenvalue weighted by atomic mass is 16.5. The second-order valence-corrected chi connectivity index (χ2v) is 10.6. The van der Waals surface area contributed by atoms with E-state index in [2.05, 4.69) is 27.7 Å². The summed E-state index contributed by atoms with van der Waals surface area (Å²) in [5.41, 5.74) is 3.55. The largest absolute Gasteiger partial charge is 0.493 e. The van der Waals surface area contributed by atoms with Gasteiger partial charge in [-0.2, -0.15) is 0 Å². The van der Waals surface area contributed by atoms with E-state index in [1.54, 1.807) is 14.2 Å². The number of ether oxygens (including phenoxy) is 3. The first-order valence-electron chi connectivity index (χ1n) is 11.0. The Morgan fingerprint density at radius 2 is 1.72 bits per heavy atom. The number of hydrogen-bond acceptors (Lipinski definition) is 4. The fourth-order valence-electron chi connectivity index (χ4n) is 7.80. The van der Waals surface area contributed by atoms with Crippen LogP contribution in [-0.4, -0.2) is 27.3 Å². The van der Waals surface area contributed by atoms with Crippen molar-refractivity contribution < 1.29 is 19.0 Å². The predicted octanol–water partition coefficient (Wildman–Crippen LogP) is 5.55. The summed E-state index contributed by atoms with van der Waals surface area (Å²) in [7, 11) is 4.80. The molecule has 29 heavy (non-hydrogen) atoms. The first-order chi connectivity index (χ1) is 13.6. The van der Waals surface area contributed by atoms with Gasteiger partial charge in [-0.15, -0.1) is 0 Å². The van der Waals surface area contributed by atoms with E-state index in [9.17, 15) is 4.79 Å². The van der Waals surface area contributed by atoms with E-state index >= 15 is 0 Å². The van der Waals surface area contributed by atoms with Crippen LogP contribution in [0.2, 0.25) is 0 Å². The molecule has 0 saturated heterocycles. The van der Waals surface area contributed by atoms with E-state index in [4.69, 9.17) is 14.2 Å². The lowest BCUT2D eigenvalue weighted by Crippen LogP contribution is -2.55. The average Bonchev–Trinajstić information content (AvgIpc) is 3.00. The maximum absolute atomic E-state index is 12.8. The molecule has 0 radical (unpaired) electrons. The summed E-state index contributed by atoms with van der Waals surface area (Å²) in [5.74, 6) is 2.35. The van der Waals surface area contributed by atoms with Crippen molar-refractivity contribution in [3.8, 4) is 11.5 Å². The Morgan fingerprint density at radius 1 is 1.00 bits per heavy atom. The smallest absolute Gasteiger partial charge is 0.338 e. The molecule has 4 heteroatoms. The highest BCUT2D eigenvalue weighted by Crippen LogP contribution is 2.68. The molecule has 0 spiro atoms. The molecule has 0 heterocycles. The van der Waals surface area contributed by atoms with Crippen LogP contribution in [0.1, 0.15) is 81.3 Å². The Morgan fingerprint density at radius 3 is 2.34 bits per heavy atom.